The quantitative estimate of drug-likeness (QED) is 0.785. The van der Waals surface area contributed by atoms with Crippen LogP contribution in [0.2, 0.25) is 0 Å². The molecule has 2 aromatic carbocycles. The highest BCUT2D eigenvalue weighted by molar-refractivity contribution is 5.63. The van der Waals surface area contributed by atoms with Gasteiger partial charge in [-0.15, -0.1) is 0 Å². The van der Waals surface area contributed by atoms with Gasteiger partial charge in [0.05, 0.1) is 0 Å². The second-order valence-electron chi connectivity index (χ2n) is 4.26. The highest BCUT2D eigenvalue weighted by Crippen LogP contribution is 2.40. The molecule has 0 radical (unpaired) electrons. The van der Waals surface area contributed by atoms with Crippen LogP contribution in [0, 0.1) is 0 Å². The highest BCUT2D eigenvalue weighted by atomic mass is 14.3. The average Bonchev–Trinajstić information content (AvgIpc) is 3.15. The van der Waals surface area contributed by atoms with E-state index in [1.165, 1.54) is 29.5 Å². The molecule has 82 valence electrons. The van der Waals surface area contributed by atoms with Gasteiger partial charge in [0, 0.05) is 0 Å². The van der Waals surface area contributed by atoms with E-state index < -0.39 is 0 Å². The third kappa shape index (κ3) is 2.15. The Morgan fingerprint density at radius 1 is 0.688 bits per heavy atom. The summed E-state index contributed by atoms with van der Waals surface area (Å²) < 4.78 is 0. The highest BCUT2D eigenvalue weighted by Gasteiger charge is 2.22. The first-order valence-corrected chi connectivity index (χ1v) is 5.59. The molecule has 16 heavy (non-hydrogen) atoms. The van der Waals surface area contributed by atoms with Crippen molar-refractivity contribution in [1.29, 1.82) is 0 Å². The predicted molar refractivity (Wildman–Crippen MR) is 68.9 cm³/mol. The Labute approximate surface area is 96.7 Å². The van der Waals surface area contributed by atoms with Crippen molar-refractivity contribution in [3.05, 3.63) is 60.2 Å². The van der Waals surface area contributed by atoms with E-state index in [1.54, 1.807) is 0 Å². The van der Waals surface area contributed by atoms with Crippen LogP contribution < -0.4 is 6.15 Å². The van der Waals surface area contributed by atoms with Crippen molar-refractivity contribution >= 4 is 0 Å². The summed E-state index contributed by atoms with van der Waals surface area (Å²) in [6.07, 6.45) is 2.76. The van der Waals surface area contributed by atoms with Crippen LogP contribution in [0.1, 0.15) is 24.3 Å². The summed E-state index contributed by atoms with van der Waals surface area (Å²) in [6, 6.07) is 19.6. The van der Waals surface area contributed by atoms with Gasteiger partial charge in [-0.2, -0.15) is 0 Å². The zero-order chi connectivity index (χ0) is 10.1. The van der Waals surface area contributed by atoms with Gasteiger partial charge in [-0.1, -0.05) is 54.6 Å². The molecule has 3 N–H and O–H groups in total. The third-order valence-corrected chi connectivity index (χ3v) is 3.07. The Kier molecular flexibility index (Phi) is 3.07. The fraction of sp³-hybridized carbons (Fsp3) is 0.200. The van der Waals surface area contributed by atoms with E-state index in [-0.39, 0.29) is 6.15 Å². The fourth-order valence-electron chi connectivity index (χ4n) is 2.00. The Morgan fingerprint density at radius 3 is 1.81 bits per heavy atom. The van der Waals surface area contributed by atoms with Crippen molar-refractivity contribution in [2.75, 3.05) is 0 Å². The lowest BCUT2D eigenvalue weighted by atomic mass is 10.0. The molecule has 1 fully saturated rings. The maximum absolute atomic E-state index is 2.28. The van der Waals surface area contributed by atoms with Gasteiger partial charge in [0.1, 0.15) is 0 Å². The van der Waals surface area contributed by atoms with E-state index >= 15 is 0 Å². The molecule has 1 aliphatic rings. The van der Waals surface area contributed by atoms with Crippen molar-refractivity contribution in [1.82, 2.24) is 6.15 Å². The number of hydrogen-bond acceptors (Lipinski definition) is 1. The first-order chi connectivity index (χ1) is 7.43. The second-order valence-corrected chi connectivity index (χ2v) is 4.26. The Bertz CT molecular complexity index is 441. The molecule has 0 bridgehead atoms. The Morgan fingerprint density at radius 2 is 1.25 bits per heavy atom. The second kappa shape index (κ2) is 4.50. The van der Waals surface area contributed by atoms with Crippen molar-refractivity contribution in [3.63, 3.8) is 0 Å². The normalized spacial score (nSPS) is 14.2. The van der Waals surface area contributed by atoms with E-state index in [0.717, 1.165) is 5.92 Å². The molecule has 0 atom stereocenters. The molecule has 0 spiro atoms. The van der Waals surface area contributed by atoms with Crippen LogP contribution >= 0.6 is 0 Å². The number of benzene rings is 2. The standard InChI is InChI=1S/C15H14.H3N/c1-2-4-12(5-3-1)13-6-8-14(9-7-13)15-10-11-15;/h1-9,15H,10-11H2;1H3. The lowest BCUT2D eigenvalue weighted by Crippen LogP contribution is -1.80. The van der Waals surface area contributed by atoms with Crippen LogP contribution in [0.5, 0.6) is 0 Å². The van der Waals surface area contributed by atoms with Gasteiger partial charge in [0.2, 0.25) is 0 Å². The molecule has 1 heteroatoms. The SMILES string of the molecule is N.c1ccc(-c2ccc(C3CC3)cc2)cc1. The molecular formula is C15H17N. The van der Waals surface area contributed by atoms with Crippen LogP contribution in [-0.4, -0.2) is 0 Å². The van der Waals surface area contributed by atoms with Crippen molar-refractivity contribution in [3.8, 4) is 11.1 Å². The van der Waals surface area contributed by atoms with Crippen LogP contribution in [0.4, 0.5) is 0 Å². The topological polar surface area (TPSA) is 35.0 Å². The van der Waals surface area contributed by atoms with Crippen LogP contribution in [-0.2, 0) is 0 Å². The zero-order valence-electron chi connectivity index (χ0n) is 9.39. The Balaban J connectivity index is 0.000000963. The van der Waals surface area contributed by atoms with Gasteiger partial charge >= 0.3 is 0 Å². The largest absolute Gasteiger partial charge is 0.344 e. The minimum Gasteiger partial charge on any atom is -0.344 e. The van der Waals surface area contributed by atoms with E-state index in [1.807, 2.05) is 0 Å². The average molecular weight is 211 g/mol. The van der Waals surface area contributed by atoms with Crippen molar-refractivity contribution in [2.45, 2.75) is 18.8 Å². The summed E-state index contributed by atoms with van der Waals surface area (Å²) in [5, 5.41) is 0. The van der Waals surface area contributed by atoms with E-state index in [0.29, 0.717) is 0 Å². The van der Waals surface area contributed by atoms with Crippen LogP contribution in [0.15, 0.2) is 54.6 Å². The summed E-state index contributed by atoms with van der Waals surface area (Å²) in [7, 11) is 0. The van der Waals surface area contributed by atoms with Crippen LogP contribution in [0.25, 0.3) is 11.1 Å². The van der Waals surface area contributed by atoms with E-state index in [4.69, 9.17) is 0 Å². The van der Waals surface area contributed by atoms with Crippen molar-refractivity contribution in [2.24, 2.45) is 0 Å². The maximum Gasteiger partial charge on any atom is -0.0162 e. The summed E-state index contributed by atoms with van der Waals surface area (Å²) in [5.41, 5.74) is 4.13. The minimum atomic E-state index is 0. The Hall–Kier alpha value is -1.60. The first-order valence-electron chi connectivity index (χ1n) is 5.59. The molecule has 0 amide bonds. The summed E-state index contributed by atoms with van der Waals surface area (Å²) in [6.45, 7) is 0. The van der Waals surface area contributed by atoms with E-state index in [2.05, 4.69) is 54.6 Å². The molecule has 0 aromatic heterocycles. The van der Waals surface area contributed by atoms with Gasteiger partial charge in [-0.25, -0.2) is 0 Å². The molecule has 3 rings (SSSR count). The molecule has 1 saturated carbocycles. The summed E-state index contributed by atoms with van der Waals surface area (Å²) in [5.74, 6) is 0.856. The molecule has 1 nitrogen and oxygen atoms in total. The molecule has 0 unspecified atom stereocenters. The van der Waals surface area contributed by atoms with Gasteiger partial charge in [0.15, 0.2) is 0 Å². The first kappa shape index (κ1) is 10.9. The lowest BCUT2D eigenvalue weighted by Gasteiger charge is -2.03. The van der Waals surface area contributed by atoms with E-state index in [9.17, 15) is 0 Å². The summed E-state index contributed by atoms with van der Waals surface area (Å²) in [4.78, 5) is 0. The molecule has 1 aliphatic carbocycles. The molecule has 0 saturated heterocycles. The van der Waals surface area contributed by atoms with Gasteiger partial charge in [0.25, 0.3) is 0 Å². The molecule has 0 heterocycles. The van der Waals surface area contributed by atoms with Crippen LogP contribution in [0.3, 0.4) is 0 Å². The minimum absolute atomic E-state index is 0. The fourth-order valence-corrected chi connectivity index (χ4v) is 2.00. The third-order valence-electron chi connectivity index (χ3n) is 3.07. The molecule has 0 aliphatic heterocycles. The van der Waals surface area contributed by atoms with Gasteiger partial charge in [-0.05, 0) is 35.4 Å². The van der Waals surface area contributed by atoms with Gasteiger partial charge in [-0.3, -0.25) is 0 Å². The van der Waals surface area contributed by atoms with Gasteiger partial charge < -0.3 is 6.15 Å². The molecular weight excluding hydrogens is 194 g/mol. The number of rotatable bonds is 2. The maximum atomic E-state index is 2.28. The number of hydrogen-bond donors (Lipinski definition) is 1. The monoisotopic (exact) mass is 211 g/mol. The predicted octanol–water partition coefficient (Wildman–Crippen LogP) is 4.39. The smallest absolute Gasteiger partial charge is 0.0162 e. The van der Waals surface area contributed by atoms with Crippen molar-refractivity contribution < 1.29 is 0 Å². The molecule has 2 aromatic rings. The lowest BCUT2D eigenvalue weighted by molar-refractivity contribution is 1.13. The zero-order valence-corrected chi connectivity index (χ0v) is 9.39. The summed E-state index contributed by atoms with van der Waals surface area (Å²) >= 11 is 0.